The molecule has 1 aromatic carbocycles. The van der Waals surface area contributed by atoms with Crippen molar-refractivity contribution in [3.05, 3.63) is 23.3 Å². The Morgan fingerprint density at radius 2 is 1.33 bits per heavy atom. The second kappa shape index (κ2) is 9.79. The van der Waals surface area contributed by atoms with Crippen LogP contribution in [0.4, 0.5) is 0 Å². The number of nitrogens with two attached hydrogens (primary N) is 2. The highest BCUT2D eigenvalue weighted by atomic mass is 16.5. The normalized spacial score (nSPS) is 14.9. The fourth-order valence-electron chi connectivity index (χ4n) is 3.81. The standard InChI is InChI=1S/C23H42N2O2/c1-16(24)10-8-12-22(3,4)18-15-21(27-7)19(14-20(18)26)23(5,6)13-9-11-17(2)25/h14-17,26H,8-13,24-25H2,1-7H3. The Balaban J connectivity index is 3.10. The molecule has 0 aliphatic heterocycles. The molecule has 0 heterocycles. The zero-order valence-corrected chi connectivity index (χ0v) is 18.6. The molecule has 0 saturated carbocycles. The van der Waals surface area contributed by atoms with Gasteiger partial charge in [-0.15, -0.1) is 0 Å². The Labute approximate surface area is 166 Å². The number of phenols is 1. The number of phenolic OH excluding ortho intramolecular Hbond substituents is 1. The lowest BCUT2D eigenvalue weighted by Gasteiger charge is -2.31. The molecule has 2 unspecified atom stereocenters. The smallest absolute Gasteiger partial charge is 0.123 e. The van der Waals surface area contributed by atoms with Crippen LogP contribution < -0.4 is 16.2 Å². The highest BCUT2D eigenvalue weighted by Crippen LogP contribution is 2.43. The molecule has 5 N–H and O–H groups in total. The number of benzene rings is 1. The quantitative estimate of drug-likeness (QED) is 0.506. The number of rotatable bonds is 11. The van der Waals surface area contributed by atoms with Crippen LogP contribution in [-0.2, 0) is 10.8 Å². The van der Waals surface area contributed by atoms with E-state index in [1.807, 2.05) is 26.0 Å². The van der Waals surface area contributed by atoms with Gasteiger partial charge < -0.3 is 21.3 Å². The number of aromatic hydroxyl groups is 1. The summed E-state index contributed by atoms with van der Waals surface area (Å²) >= 11 is 0. The maximum atomic E-state index is 10.8. The third-order valence-corrected chi connectivity index (χ3v) is 5.70. The second-order valence-corrected chi connectivity index (χ2v) is 9.58. The molecule has 0 amide bonds. The van der Waals surface area contributed by atoms with E-state index in [1.165, 1.54) is 0 Å². The topological polar surface area (TPSA) is 81.5 Å². The lowest BCUT2D eigenvalue weighted by molar-refractivity contribution is 0.364. The molecule has 1 aromatic rings. The molecular weight excluding hydrogens is 336 g/mol. The summed E-state index contributed by atoms with van der Waals surface area (Å²) in [5.41, 5.74) is 13.6. The summed E-state index contributed by atoms with van der Waals surface area (Å²) in [7, 11) is 1.71. The van der Waals surface area contributed by atoms with Gasteiger partial charge in [-0.1, -0.05) is 40.5 Å². The van der Waals surface area contributed by atoms with Crippen molar-refractivity contribution in [2.45, 2.75) is 103 Å². The maximum absolute atomic E-state index is 10.8. The molecule has 0 aliphatic rings. The lowest BCUT2D eigenvalue weighted by atomic mass is 9.75. The molecule has 0 aromatic heterocycles. The molecule has 1 rings (SSSR count). The van der Waals surface area contributed by atoms with Crippen LogP contribution in [0.2, 0.25) is 0 Å². The Bertz CT molecular complexity index is 592. The van der Waals surface area contributed by atoms with Crippen molar-refractivity contribution in [3.63, 3.8) is 0 Å². The lowest BCUT2D eigenvalue weighted by Crippen LogP contribution is -2.23. The Kier molecular flexibility index (Phi) is 8.62. The van der Waals surface area contributed by atoms with Crippen LogP contribution in [0.3, 0.4) is 0 Å². The van der Waals surface area contributed by atoms with E-state index in [2.05, 4.69) is 27.7 Å². The van der Waals surface area contributed by atoms with Crippen LogP contribution in [0.25, 0.3) is 0 Å². The molecule has 2 atom stereocenters. The number of hydrogen-bond donors (Lipinski definition) is 3. The highest BCUT2D eigenvalue weighted by Gasteiger charge is 2.30. The molecule has 0 saturated heterocycles. The fraction of sp³-hybridized carbons (Fsp3) is 0.739. The summed E-state index contributed by atoms with van der Waals surface area (Å²) in [6.07, 6.45) is 6.06. The zero-order chi connectivity index (χ0) is 20.8. The van der Waals surface area contributed by atoms with Gasteiger partial charge in [-0.05, 0) is 62.5 Å². The summed E-state index contributed by atoms with van der Waals surface area (Å²) in [6, 6.07) is 4.37. The minimum atomic E-state index is -0.135. The van der Waals surface area contributed by atoms with Crippen molar-refractivity contribution >= 4 is 0 Å². The first-order valence-corrected chi connectivity index (χ1v) is 10.3. The summed E-state index contributed by atoms with van der Waals surface area (Å²) in [5.74, 6) is 1.21. The average Bonchev–Trinajstić information content (AvgIpc) is 2.53. The molecule has 156 valence electrons. The largest absolute Gasteiger partial charge is 0.508 e. The van der Waals surface area contributed by atoms with Crippen molar-refractivity contribution in [1.29, 1.82) is 0 Å². The van der Waals surface area contributed by atoms with Crippen LogP contribution in [0.5, 0.6) is 11.5 Å². The SMILES string of the molecule is COc1cc(C(C)(C)CCCC(C)N)c(O)cc1C(C)(C)CCCC(C)N. The summed E-state index contributed by atoms with van der Waals surface area (Å²) < 4.78 is 5.74. The summed E-state index contributed by atoms with van der Waals surface area (Å²) in [6.45, 7) is 12.8. The van der Waals surface area contributed by atoms with Gasteiger partial charge >= 0.3 is 0 Å². The van der Waals surface area contributed by atoms with Crippen LogP contribution >= 0.6 is 0 Å². The van der Waals surface area contributed by atoms with Crippen molar-refractivity contribution in [2.24, 2.45) is 11.5 Å². The van der Waals surface area contributed by atoms with Crippen molar-refractivity contribution in [3.8, 4) is 11.5 Å². The monoisotopic (exact) mass is 378 g/mol. The van der Waals surface area contributed by atoms with Gasteiger partial charge in [-0.3, -0.25) is 0 Å². The summed E-state index contributed by atoms with van der Waals surface area (Å²) in [4.78, 5) is 0. The highest BCUT2D eigenvalue weighted by molar-refractivity contribution is 5.51. The Morgan fingerprint density at radius 1 is 0.889 bits per heavy atom. The number of methoxy groups -OCH3 is 1. The predicted molar refractivity (Wildman–Crippen MR) is 116 cm³/mol. The first-order valence-electron chi connectivity index (χ1n) is 10.3. The van der Waals surface area contributed by atoms with Crippen molar-refractivity contribution < 1.29 is 9.84 Å². The van der Waals surface area contributed by atoms with Crippen LogP contribution in [0.15, 0.2) is 12.1 Å². The fourth-order valence-corrected chi connectivity index (χ4v) is 3.81. The van der Waals surface area contributed by atoms with Gasteiger partial charge in [0.25, 0.3) is 0 Å². The third kappa shape index (κ3) is 7.00. The van der Waals surface area contributed by atoms with Gasteiger partial charge in [0.2, 0.25) is 0 Å². The van der Waals surface area contributed by atoms with E-state index in [1.54, 1.807) is 7.11 Å². The Morgan fingerprint density at radius 3 is 1.74 bits per heavy atom. The minimum absolute atomic E-state index is 0.0879. The molecule has 0 spiro atoms. The second-order valence-electron chi connectivity index (χ2n) is 9.58. The molecule has 0 fully saturated rings. The van der Waals surface area contributed by atoms with Gasteiger partial charge in [0.15, 0.2) is 0 Å². The number of ether oxygens (including phenoxy) is 1. The molecule has 27 heavy (non-hydrogen) atoms. The third-order valence-electron chi connectivity index (χ3n) is 5.70. The van der Waals surface area contributed by atoms with Gasteiger partial charge in [0, 0.05) is 23.2 Å². The maximum Gasteiger partial charge on any atom is 0.123 e. The van der Waals surface area contributed by atoms with E-state index in [0.29, 0.717) is 5.75 Å². The van der Waals surface area contributed by atoms with Crippen molar-refractivity contribution in [1.82, 2.24) is 0 Å². The molecule has 4 nitrogen and oxygen atoms in total. The van der Waals surface area contributed by atoms with Gasteiger partial charge in [-0.2, -0.15) is 0 Å². The van der Waals surface area contributed by atoms with Crippen molar-refractivity contribution in [2.75, 3.05) is 7.11 Å². The van der Waals surface area contributed by atoms with Gasteiger partial charge in [-0.25, -0.2) is 0 Å². The Hall–Kier alpha value is -1.26. The molecule has 0 radical (unpaired) electrons. The van der Waals surface area contributed by atoms with E-state index in [0.717, 1.165) is 55.4 Å². The molecule has 0 aliphatic carbocycles. The van der Waals surface area contributed by atoms with E-state index in [4.69, 9.17) is 16.2 Å². The van der Waals surface area contributed by atoms with Gasteiger partial charge in [0.05, 0.1) is 7.11 Å². The molecule has 0 bridgehead atoms. The first-order chi connectivity index (χ1) is 12.4. The van der Waals surface area contributed by atoms with Crippen LogP contribution in [-0.4, -0.2) is 24.3 Å². The molecular formula is C23H42N2O2. The average molecular weight is 379 g/mol. The van der Waals surface area contributed by atoms with E-state index in [9.17, 15) is 5.11 Å². The van der Waals surface area contributed by atoms with E-state index in [-0.39, 0.29) is 22.9 Å². The van der Waals surface area contributed by atoms with Gasteiger partial charge in [0.1, 0.15) is 11.5 Å². The first kappa shape index (κ1) is 23.8. The predicted octanol–water partition coefficient (Wildman–Crippen LogP) is 4.99. The summed E-state index contributed by atoms with van der Waals surface area (Å²) in [5, 5.41) is 10.8. The zero-order valence-electron chi connectivity index (χ0n) is 18.6. The van der Waals surface area contributed by atoms with E-state index < -0.39 is 0 Å². The van der Waals surface area contributed by atoms with Crippen LogP contribution in [0, 0.1) is 0 Å². The van der Waals surface area contributed by atoms with E-state index >= 15 is 0 Å². The minimum Gasteiger partial charge on any atom is -0.508 e. The molecule has 4 heteroatoms. The van der Waals surface area contributed by atoms with Crippen LogP contribution in [0.1, 0.15) is 91.2 Å². The number of hydrogen-bond acceptors (Lipinski definition) is 4.